The molecule has 0 atom stereocenters. The zero-order valence-corrected chi connectivity index (χ0v) is 12.3. The van der Waals surface area contributed by atoms with Crippen LogP contribution >= 0.6 is 0 Å². The molecule has 0 unspecified atom stereocenters. The van der Waals surface area contributed by atoms with E-state index in [4.69, 9.17) is 0 Å². The second kappa shape index (κ2) is 4.59. The van der Waals surface area contributed by atoms with Crippen LogP contribution in [0.5, 0.6) is 0 Å². The van der Waals surface area contributed by atoms with E-state index in [0.717, 1.165) is 16.9 Å². The van der Waals surface area contributed by atoms with Crippen molar-refractivity contribution in [1.82, 2.24) is 4.57 Å². The second-order valence-corrected chi connectivity index (χ2v) is 5.58. The highest BCUT2D eigenvalue weighted by molar-refractivity contribution is 5.50. The lowest BCUT2D eigenvalue weighted by atomic mass is 9.84. The second-order valence-electron chi connectivity index (χ2n) is 5.58. The van der Waals surface area contributed by atoms with E-state index in [1.54, 1.807) is 0 Å². The van der Waals surface area contributed by atoms with Gasteiger partial charge in [-0.15, -0.1) is 0 Å². The Morgan fingerprint density at radius 2 is 1.58 bits per heavy atom. The lowest BCUT2D eigenvalue weighted by molar-refractivity contribution is 0.674. The van der Waals surface area contributed by atoms with Gasteiger partial charge in [-0.05, 0) is 57.9 Å². The molecule has 0 amide bonds. The van der Waals surface area contributed by atoms with Crippen molar-refractivity contribution in [1.29, 1.82) is 5.26 Å². The third-order valence-electron chi connectivity index (χ3n) is 3.87. The highest BCUT2D eigenvalue weighted by Crippen LogP contribution is 2.34. The van der Waals surface area contributed by atoms with Gasteiger partial charge in [0.1, 0.15) is 0 Å². The van der Waals surface area contributed by atoms with Crippen LogP contribution in [0.4, 0.5) is 0 Å². The number of hydrogen-bond donors (Lipinski definition) is 0. The molecule has 0 radical (unpaired) electrons. The molecule has 0 saturated carbocycles. The number of nitriles is 1. The monoisotopic (exact) mass is 252 g/mol. The average Bonchev–Trinajstić information content (AvgIpc) is 2.62. The van der Waals surface area contributed by atoms with Gasteiger partial charge < -0.3 is 4.57 Å². The van der Waals surface area contributed by atoms with Crippen LogP contribution in [0.3, 0.4) is 0 Å². The minimum atomic E-state index is -0.459. The topological polar surface area (TPSA) is 28.7 Å². The molecule has 0 spiro atoms. The summed E-state index contributed by atoms with van der Waals surface area (Å²) in [4.78, 5) is 0. The quantitative estimate of drug-likeness (QED) is 0.787. The van der Waals surface area contributed by atoms with Crippen LogP contribution in [0.15, 0.2) is 30.3 Å². The number of hydrogen-bond acceptors (Lipinski definition) is 1. The van der Waals surface area contributed by atoms with E-state index < -0.39 is 5.41 Å². The fourth-order valence-corrected chi connectivity index (χ4v) is 2.92. The van der Waals surface area contributed by atoms with E-state index in [-0.39, 0.29) is 0 Å². The predicted molar refractivity (Wildman–Crippen MR) is 78.6 cm³/mol. The summed E-state index contributed by atoms with van der Waals surface area (Å²) in [6.45, 7) is 10.3. The molecule has 1 aromatic carbocycles. The molecule has 2 nitrogen and oxygen atoms in total. The lowest BCUT2D eigenvalue weighted by Crippen LogP contribution is -2.16. The van der Waals surface area contributed by atoms with E-state index in [0.29, 0.717) is 0 Å². The highest BCUT2D eigenvalue weighted by atomic mass is 15.0. The SMILES string of the molecule is Cc1c(C(C)(C)C#N)c(C)n(-c2ccccc2)c1C. The van der Waals surface area contributed by atoms with Crippen molar-refractivity contribution < 1.29 is 0 Å². The van der Waals surface area contributed by atoms with E-state index in [9.17, 15) is 5.26 Å². The molecule has 98 valence electrons. The molecule has 19 heavy (non-hydrogen) atoms. The van der Waals surface area contributed by atoms with Crippen molar-refractivity contribution in [3.8, 4) is 11.8 Å². The van der Waals surface area contributed by atoms with E-state index >= 15 is 0 Å². The number of rotatable bonds is 2. The molecule has 1 heterocycles. The molecule has 0 aliphatic rings. The molecule has 0 aliphatic heterocycles. The van der Waals surface area contributed by atoms with Gasteiger partial charge in [0.15, 0.2) is 0 Å². The first-order valence-corrected chi connectivity index (χ1v) is 6.56. The Bertz CT molecular complexity index is 640. The number of aromatic nitrogens is 1. The zero-order chi connectivity index (χ0) is 14.2. The molecule has 0 N–H and O–H groups in total. The van der Waals surface area contributed by atoms with Crippen molar-refractivity contribution in [2.45, 2.75) is 40.0 Å². The first-order valence-electron chi connectivity index (χ1n) is 6.56. The average molecular weight is 252 g/mol. The largest absolute Gasteiger partial charge is 0.318 e. The molecule has 1 aromatic heterocycles. The van der Waals surface area contributed by atoms with E-state index in [2.05, 4.69) is 43.5 Å². The highest BCUT2D eigenvalue weighted by Gasteiger charge is 2.28. The maximum Gasteiger partial charge on any atom is 0.0786 e. The maximum atomic E-state index is 9.41. The van der Waals surface area contributed by atoms with Crippen LogP contribution < -0.4 is 0 Å². The van der Waals surface area contributed by atoms with Gasteiger partial charge in [-0.3, -0.25) is 0 Å². The number of benzene rings is 1. The summed E-state index contributed by atoms with van der Waals surface area (Å²) < 4.78 is 2.24. The fourth-order valence-electron chi connectivity index (χ4n) is 2.92. The molecule has 0 fully saturated rings. The summed E-state index contributed by atoms with van der Waals surface area (Å²) in [6.07, 6.45) is 0. The summed E-state index contributed by atoms with van der Waals surface area (Å²) >= 11 is 0. The summed E-state index contributed by atoms with van der Waals surface area (Å²) in [5, 5.41) is 9.41. The Morgan fingerprint density at radius 3 is 2.11 bits per heavy atom. The van der Waals surface area contributed by atoms with Crippen LogP contribution in [-0.4, -0.2) is 4.57 Å². The minimum Gasteiger partial charge on any atom is -0.318 e. The van der Waals surface area contributed by atoms with Crippen LogP contribution in [0.2, 0.25) is 0 Å². The first-order chi connectivity index (χ1) is 8.90. The van der Waals surface area contributed by atoms with Gasteiger partial charge >= 0.3 is 0 Å². The molecule has 2 aromatic rings. The van der Waals surface area contributed by atoms with Crippen LogP contribution in [0.25, 0.3) is 5.69 Å². The molecular weight excluding hydrogens is 232 g/mol. The zero-order valence-electron chi connectivity index (χ0n) is 12.3. The Labute approximate surface area is 115 Å². The van der Waals surface area contributed by atoms with Crippen molar-refractivity contribution in [3.63, 3.8) is 0 Å². The molecule has 2 heteroatoms. The minimum absolute atomic E-state index is 0.459. The van der Waals surface area contributed by atoms with Gasteiger partial charge in [0.2, 0.25) is 0 Å². The molecule has 0 bridgehead atoms. The fraction of sp³-hybridized carbons (Fsp3) is 0.353. The normalized spacial score (nSPS) is 11.4. The van der Waals surface area contributed by atoms with E-state index in [1.807, 2.05) is 32.0 Å². The Hall–Kier alpha value is -2.01. The third-order valence-corrected chi connectivity index (χ3v) is 3.87. The maximum absolute atomic E-state index is 9.41. The van der Waals surface area contributed by atoms with Gasteiger partial charge in [-0.25, -0.2) is 0 Å². The van der Waals surface area contributed by atoms with Crippen LogP contribution in [-0.2, 0) is 5.41 Å². The predicted octanol–water partition coefficient (Wildman–Crippen LogP) is 4.20. The smallest absolute Gasteiger partial charge is 0.0786 e. The number of para-hydroxylation sites is 1. The molecule has 0 aliphatic carbocycles. The van der Waals surface area contributed by atoms with E-state index in [1.165, 1.54) is 11.3 Å². The van der Waals surface area contributed by atoms with Gasteiger partial charge in [0.25, 0.3) is 0 Å². The van der Waals surface area contributed by atoms with Crippen LogP contribution in [0, 0.1) is 32.1 Å². The third kappa shape index (κ3) is 2.06. The summed E-state index contributed by atoms with van der Waals surface area (Å²) in [7, 11) is 0. The first kappa shape index (κ1) is 13.4. The van der Waals surface area contributed by atoms with Gasteiger partial charge in [0.05, 0.1) is 11.5 Å². The van der Waals surface area contributed by atoms with Crippen molar-refractivity contribution in [2.24, 2.45) is 0 Å². The summed E-state index contributed by atoms with van der Waals surface area (Å²) in [6, 6.07) is 12.7. The molecule has 0 saturated heterocycles. The molecular formula is C17H20N2. The Kier molecular flexibility index (Phi) is 3.24. The molecule has 2 rings (SSSR count). The van der Waals surface area contributed by atoms with Gasteiger partial charge in [0, 0.05) is 17.1 Å². The van der Waals surface area contributed by atoms with Crippen molar-refractivity contribution in [2.75, 3.05) is 0 Å². The lowest BCUT2D eigenvalue weighted by Gasteiger charge is -2.17. The Morgan fingerprint density at radius 1 is 1.00 bits per heavy atom. The Balaban J connectivity index is 2.74. The van der Waals surface area contributed by atoms with Crippen molar-refractivity contribution in [3.05, 3.63) is 52.8 Å². The van der Waals surface area contributed by atoms with Gasteiger partial charge in [-0.1, -0.05) is 18.2 Å². The van der Waals surface area contributed by atoms with Crippen molar-refractivity contribution >= 4 is 0 Å². The number of nitrogens with zero attached hydrogens (tertiary/aromatic N) is 2. The summed E-state index contributed by atoms with van der Waals surface area (Å²) in [5.41, 5.74) is 5.43. The van der Waals surface area contributed by atoms with Gasteiger partial charge in [-0.2, -0.15) is 5.26 Å². The standard InChI is InChI=1S/C17H20N2/c1-12-13(2)19(15-9-7-6-8-10-15)14(3)16(12)17(4,5)11-18/h6-10H,1-5H3. The van der Waals surface area contributed by atoms with Crippen LogP contribution in [0.1, 0.15) is 36.4 Å². The summed E-state index contributed by atoms with van der Waals surface area (Å²) in [5.74, 6) is 0.